The van der Waals surface area contributed by atoms with Crippen LogP contribution in [0.5, 0.6) is 0 Å². The molecule has 0 radical (unpaired) electrons. The number of hydrogen-bond donors (Lipinski definition) is 12. The smallest absolute Gasteiger partial charge is 0.220 e. The Morgan fingerprint density at radius 1 is 0.353 bits per heavy atom. The number of ether oxygens (including phenoxy) is 6. The first-order chi connectivity index (χ1) is 49.8. The van der Waals surface area contributed by atoms with Crippen molar-refractivity contribution in [2.24, 2.45) is 0 Å². The molecule has 0 aromatic heterocycles. The Kier molecular flexibility index (Phi) is 58.3. The number of unbranched alkanes of at least 4 members (excludes halogenated alkanes) is 42. The summed E-state index contributed by atoms with van der Waals surface area (Å²) in [6.45, 7) is 1.74. The van der Waals surface area contributed by atoms with Crippen LogP contribution in [-0.2, 0) is 33.2 Å². The molecule has 0 spiro atoms. The minimum Gasteiger partial charge on any atom is -0.394 e. The first-order valence-corrected chi connectivity index (χ1v) is 41.5. The zero-order valence-electron chi connectivity index (χ0n) is 63.8. The normalized spacial score (nSPS) is 26.5. The van der Waals surface area contributed by atoms with Crippen LogP contribution in [0.1, 0.15) is 328 Å². The summed E-state index contributed by atoms with van der Waals surface area (Å²) in [5, 5.41) is 121. The lowest BCUT2D eigenvalue weighted by Gasteiger charge is -2.48. The quantitative estimate of drug-likeness (QED) is 0.0199. The summed E-state index contributed by atoms with van der Waals surface area (Å²) in [5.74, 6) is -0.287. The van der Waals surface area contributed by atoms with E-state index < -0.39 is 124 Å². The minimum absolute atomic E-state index is 0.229. The van der Waals surface area contributed by atoms with Crippen LogP contribution in [0.25, 0.3) is 0 Å². The fourth-order valence-corrected chi connectivity index (χ4v) is 13.9. The van der Waals surface area contributed by atoms with Crippen molar-refractivity contribution in [3.63, 3.8) is 0 Å². The summed E-state index contributed by atoms with van der Waals surface area (Å²) < 4.78 is 34.4. The summed E-state index contributed by atoms with van der Waals surface area (Å²) in [7, 11) is 0. The number of hydrogen-bond acceptors (Lipinski definition) is 18. The van der Waals surface area contributed by atoms with Gasteiger partial charge in [-0.1, -0.05) is 312 Å². The van der Waals surface area contributed by atoms with Crippen molar-refractivity contribution in [2.45, 2.75) is 433 Å². The highest BCUT2D eigenvalue weighted by atomic mass is 16.8. The van der Waals surface area contributed by atoms with Gasteiger partial charge in [0.15, 0.2) is 18.9 Å². The largest absolute Gasteiger partial charge is 0.394 e. The molecule has 19 nitrogen and oxygen atoms in total. The van der Waals surface area contributed by atoms with Gasteiger partial charge in [-0.15, -0.1) is 0 Å². The van der Waals surface area contributed by atoms with Crippen molar-refractivity contribution < 1.29 is 89.4 Å². The number of amides is 1. The van der Waals surface area contributed by atoms with Gasteiger partial charge in [0.05, 0.1) is 38.6 Å². The Morgan fingerprint density at radius 3 is 1.05 bits per heavy atom. The molecule has 12 N–H and O–H groups in total. The maximum absolute atomic E-state index is 13.5. The molecule has 0 aromatic carbocycles. The van der Waals surface area contributed by atoms with Gasteiger partial charge in [0.25, 0.3) is 0 Å². The van der Waals surface area contributed by atoms with Crippen LogP contribution in [0.4, 0.5) is 0 Å². The Morgan fingerprint density at radius 2 is 0.657 bits per heavy atom. The van der Waals surface area contributed by atoms with Crippen LogP contribution in [0.15, 0.2) is 60.8 Å². The van der Waals surface area contributed by atoms with Crippen LogP contribution in [-0.4, -0.2) is 193 Å². The highest BCUT2D eigenvalue weighted by molar-refractivity contribution is 5.76. The van der Waals surface area contributed by atoms with Crippen LogP contribution in [0.2, 0.25) is 0 Å². The standard InChI is InChI=1S/C83H151NO18/c1-3-5-7-9-11-13-15-17-19-21-23-25-27-29-30-31-32-33-34-35-37-38-40-42-44-46-48-50-52-54-56-58-60-67(88)66(84-71(89)61-59-57-55-53-51-49-47-45-43-41-39-36-28-26-24-22-20-18-16-14-12-10-8-6-4-2)65-97-81-77(95)74(92)79(69(63-86)99-81)102-83-78(96)75(93)80(70(64-87)100-83)101-82-76(94)73(91)72(90)68(62-85)98-82/h16,18,22,24,28,36,50,52,58,60,66-70,72-83,85-88,90-96H,3-15,17,19-21,23,25-27,29-35,37-49,51,53-57,59,61-65H2,1-2H3,(H,84,89)/b18-16-,24-22-,36-28-,52-50+,60-58+. The van der Waals surface area contributed by atoms with Gasteiger partial charge in [-0.3, -0.25) is 4.79 Å². The lowest BCUT2D eigenvalue weighted by atomic mass is 9.96. The van der Waals surface area contributed by atoms with Gasteiger partial charge in [-0.05, 0) is 70.6 Å². The molecule has 0 aromatic rings. The van der Waals surface area contributed by atoms with Crippen LogP contribution in [0, 0.1) is 0 Å². The zero-order valence-corrected chi connectivity index (χ0v) is 63.8. The van der Waals surface area contributed by atoms with E-state index in [4.69, 9.17) is 28.4 Å². The molecule has 596 valence electrons. The predicted molar refractivity (Wildman–Crippen MR) is 406 cm³/mol. The lowest BCUT2D eigenvalue weighted by Crippen LogP contribution is -2.66. The molecule has 0 aliphatic carbocycles. The zero-order chi connectivity index (χ0) is 73.9. The van der Waals surface area contributed by atoms with E-state index in [9.17, 15) is 61.0 Å². The SMILES string of the molecule is CCCCCCC/C=C\C/C=C\C/C=C\CCCCCCCCCCCCC(=O)NC(COC1OC(CO)C(OC2OC(CO)C(OC3OC(CO)C(O)C(O)C3O)C(O)C2O)C(O)C1O)C(O)/C=C/CC/C=C/CCCCCCCCCCCCCCCCCCCCCCCCCCCC. The minimum atomic E-state index is -1.98. The Balaban J connectivity index is 1.38. The summed E-state index contributed by atoms with van der Waals surface area (Å²) >= 11 is 0. The van der Waals surface area contributed by atoms with Crippen LogP contribution < -0.4 is 5.32 Å². The molecule has 19 heteroatoms. The van der Waals surface area contributed by atoms with Crippen molar-refractivity contribution in [2.75, 3.05) is 26.4 Å². The number of allylic oxidation sites excluding steroid dienone is 9. The van der Waals surface area contributed by atoms with Crippen molar-refractivity contribution in [3.05, 3.63) is 60.8 Å². The summed E-state index contributed by atoms with van der Waals surface area (Å²) in [6.07, 6.45) is 55.0. The van der Waals surface area contributed by atoms with E-state index in [0.29, 0.717) is 12.8 Å². The maximum Gasteiger partial charge on any atom is 0.220 e. The van der Waals surface area contributed by atoms with E-state index in [2.05, 4.69) is 67.8 Å². The Labute approximate surface area is 617 Å². The number of carbonyl (C=O) groups is 1. The van der Waals surface area contributed by atoms with Crippen molar-refractivity contribution in [3.8, 4) is 0 Å². The third-order valence-electron chi connectivity index (χ3n) is 20.5. The molecule has 17 unspecified atom stereocenters. The van der Waals surface area contributed by atoms with Gasteiger partial charge >= 0.3 is 0 Å². The molecule has 17 atom stereocenters. The molecule has 3 rings (SSSR count). The van der Waals surface area contributed by atoms with Gasteiger partial charge in [-0.2, -0.15) is 0 Å². The number of nitrogens with one attached hydrogen (secondary N) is 1. The molecule has 3 fully saturated rings. The average molecular weight is 1450 g/mol. The van der Waals surface area contributed by atoms with E-state index in [1.165, 1.54) is 231 Å². The highest BCUT2D eigenvalue weighted by Crippen LogP contribution is 2.33. The van der Waals surface area contributed by atoms with E-state index in [-0.39, 0.29) is 18.9 Å². The van der Waals surface area contributed by atoms with Crippen molar-refractivity contribution in [1.82, 2.24) is 5.32 Å². The molecule has 3 aliphatic heterocycles. The second-order valence-corrected chi connectivity index (χ2v) is 29.6. The summed E-state index contributed by atoms with van der Waals surface area (Å²) in [4.78, 5) is 13.5. The lowest BCUT2D eigenvalue weighted by molar-refractivity contribution is -0.379. The molecule has 1 amide bonds. The fraction of sp³-hybridized carbons (Fsp3) is 0.867. The van der Waals surface area contributed by atoms with E-state index in [0.717, 1.165) is 64.2 Å². The highest BCUT2D eigenvalue weighted by Gasteiger charge is 2.54. The first-order valence-electron chi connectivity index (χ1n) is 41.5. The fourth-order valence-electron chi connectivity index (χ4n) is 13.9. The molecule has 0 bridgehead atoms. The number of aliphatic hydroxyl groups excluding tert-OH is 11. The van der Waals surface area contributed by atoms with Crippen LogP contribution in [0.3, 0.4) is 0 Å². The van der Waals surface area contributed by atoms with Gasteiger partial charge in [0, 0.05) is 6.42 Å². The molecule has 3 aliphatic rings. The van der Waals surface area contributed by atoms with Gasteiger partial charge in [0.1, 0.15) is 73.2 Å². The molecule has 102 heavy (non-hydrogen) atoms. The van der Waals surface area contributed by atoms with Gasteiger partial charge < -0.3 is 89.9 Å². The predicted octanol–water partition coefficient (Wildman–Crippen LogP) is 14.2. The molecule has 3 heterocycles. The molecular formula is C83H151NO18. The molecular weight excluding hydrogens is 1300 g/mol. The van der Waals surface area contributed by atoms with E-state index >= 15 is 0 Å². The Hall–Kier alpha value is -2.51. The molecule has 3 saturated heterocycles. The van der Waals surface area contributed by atoms with Gasteiger partial charge in [0.2, 0.25) is 5.91 Å². The second-order valence-electron chi connectivity index (χ2n) is 29.6. The number of aliphatic hydroxyl groups is 11. The number of rotatable bonds is 66. The molecule has 0 saturated carbocycles. The third-order valence-corrected chi connectivity index (χ3v) is 20.5. The van der Waals surface area contributed by atoms with Gasteiger partial charge in [-0.25, -0.2) is 0 Å². The topological polar surface area (TPSA) is 307 Å². The Bertz CT molecular complexity index is 2080. The second kappa shape index (κ2) is 63.4. The van der Waals surface area contributed by atoms with Crippen LogP contribution >= 0.6 is 0 Å². The maximum atomic E-state index is 13.5. The average Bonchev–Trinajstić information content (AvgIpc) is 0.781. The first kappa shape index (κ1) is 93.7. The van der Waals surface area contributed by atoms with Crippen molar-refractivity contribution in [1.29, 1.82) is 0 Å². The van der Waals surface area contributed by atoms with E-state index in [1.54, 1.807) is 6.08 Å². The number of carbonyl (C=O) groups excluding carboxylic acids is 1. The monoisotopic (exact) mass is 1450 g/mol. The third kappa shape index (κ3) is 42.9. The van der Waals surface area contributed by atoms with E-state index in [1.807, 2.05) is 6.08 Å². The summed E-state index contributed by atoms with van der Waals surface area (Å²) in [5.41, 5.74) is 0. The van der Waals surface area contributed by atoms with Crippen molar-refractivity contribution >= 4 is 5.91 Å². The summed E-state index contributed by atoms with van der Waals surface area (Å²) in [6, 6.07) is -0.997.